The summed E-state index contributed by atoms with van der Waals surface area (Å²) in [5.74, 6) is 0.552. The van der Waals surface area contributed by atoms with Gasteiger partial charge in [-0.25, -0.2) is 4.68 Å². The predicted octanol–water partition coefficient (Wildman–Crippen LogP) is 4.28. The van der Waals surface area contributed by atoms with Crippen LogP contribution in [0.4, 0.5) is 0 Å². The molecule has 0 N–H and O–H groups in total. The van der Waals surface area contributed by atoms with Crippen LogP contribution in [-0.4, -0.2) is 24.4 Å². The van der Waals surface area contributed by atoms with E-state index in [-0.39, 0.29) is 5.56 Å². The standard InChI is InChI=1S/C24H15N5OS2/c30-23-20(32-24-25-22(27-29(23)24)16-8-3-1-4-9-16)14-17-15-28(18-10-5-2-6-11-18)26-21(17)19-12-7-13-31-19/h1-15H/b20-14-. The Morgan fingerprint density at radius 2 is 1.66 bits per heavy atom. The van der Waals surface area contributed by atoms with Crippen molar-refractivity contribution in [3.05, 3.63) is 105 Å². The van der Waals surface area contributed by atoms with E-state index in [1.165, 1.54) is 15.9 Å². The fourth-order valence-electron chi connectivity index (χ4n) is 3.50. The topological polar surface area (TPSA) is 65.1 Å². The zero-order valence-corrected chi connectivity index (χ0v) is 18.3. The Morgan fingerprint density at radius 1 is 0.875 bits per heavy atom. The minimum atomic E-state index is -0.177. The molecule has 0 saturated heterocycles. The second-order valence-electron chi connectivity index (χ2n) is 7.10. The quantitative estimate of drug-likeness (QED) is 0.400. The molecule has 154 valence electrons. The Bertz CT molecular complexity index is 1630. The van der Waals surface area contributed by atoms with Gasteiger partial charge in [0.25, 0.3) is 5.56 Å². The van der Waals surface area contributed by atoms with Gasteiger partial charge in [0.1, 0.15) is 5.69 Å². The van der Waals surface area contributed by atoms with Crippen LogP contribution in [0.5, 0.6) is 0 Å². The van der Waals surface area contributed by atoms with Crippen molar-refractivity contribution in [3.8, 4) is 27.6 Å². The first-order chi connectivity index (χ1) is 15.8. The van der Waals surface area contributed by atoms with Crippen molar-refractivity contribution in [1.29, 1.82) is 0 Å². The second kappa shape index (κ2) is 7.67. The summed E-state index contributed by atoms with van der Waals surface area (Å²) < 4.78 is 3.80. The highest BCUT2D eigenvalue weighted by molar-refractivity contribution is 7.15. The number of thiophene rings is 1. The van der Waals surface area contributed by atoms with Crippen molar-refractivity contribution in [3.63, 3.8) is 0 Å². The molecule has 0 amide bonds. The first kappa shape index (κ1) is 18.9. The summed E-state index contributed by atoms with van der Waals surface area (Å²) in [5, 5.41) is 11.3. The smallest absolute Gasteiger partial charge is 0.266 e. The van der Waals surface area contributed by atoms with Crippen LogP contribution in [0.2, 0.25) is 0 Å². The molecule has 0 saturated carbocycles. The third-order valence-electron chi connectivity index (χ3n) is 5.02. The molecule has 2 aromatic carbocycles. The number of hydrogen-bond acceptors (Lipinski definition) is 6. The lowest BCUT2D eigenvalue weighted by atomic mass is 10.2. The van der Waals surface area contributed by atoms with Crippen LogP contribution in [0.3, 0.4) is 0 Å². The van der Waals surface area contributed by atoms with E-state index in [0.717, 1.165) is 27.4 Å². The Labute approximate surface area is 190 Å². The highest BCUT2D eigenvalue weighted by Gasteiger charge is 2.15. The van der Waals surface area contributed by atoms with Gasteiger partial charge < -0.3 is 0 Å². The van der Waals surface area contributed by atoms with Crippen molar-refractivity contribution in [2.24, 2.45) is 0 Å². The molecule has 6 rings (SSSR count). The van der Waals surface area contributed by atoms with Crippen molar-refractivity contribution in [2.75, 3.05) is 0 Å². The van der Waals surface area contributed by atoms with Crippen molar-refractivity contribution in [1.82, 2.24) is 24.4 Å². The van der Waals surface area contributed by atoms with Crippen molar-refractivity contribution in [2.45, 2.75) is 0 Å². The van der Waals surface area contributed by atoms with Gasteiger partial charge in [0.2, 0.25) is 4.96 Å². The van der Waals surface area contributed by atoms with E-state index in [2.05, 4.69) is 10.1 Å². The Kier molecular flexibility index (Phi) is 4.52. The van der Waals surface area contributed by atoms with Gasteiger partial charge in [0.15, 0.2) is 5.82 Å². The average Bonchev–Trinajstić information content (AvgIpc) is 3.62. The van der Waals surface area contributed by atoms with Gasteiger partial charge in [-0.3, -0.25) is 4.79 Å². The molecule has 0 aliphatic heterocycles. The third-order valence-corrected chi connectivity index (χ3v) is 6.85. The summed E-state index contributed by atoms with van der Waals surface area (Å²) in [6, 6.07) is 23.6. The van der Waals surface area contributed by atoms with E-state index in [4.69, 9.17) is 5.10 Å². The van der Waals surface area contributed by atoms with Crippen LogP contribution < -0.4 is 10.1 Å². The molecule has 8 heteroatoms. The predicted molar refractivity (Wildman–Crippen MR) is 128 cm³/mol. The summed E-state index contributed by atoms with van der Waals surface area (Å²) in [6.45, 7) is 0. The highest BCUT2D eigenvalue weighted by atomic mass is 32.1. The van der Waals surface area contributed by atoms with Crippen LogP contribution in [0.25, 0.3) is 38.7 Å². The number of nitrogens with zero attached hydrogens (tertiary/aromatic N) is 5. The summed E-state index contributed by atoms with van der Waals surface area (Å²) in [7, 11) is 0. The van der Waals surface area contributed by atoms with Crippen LogP contribution >= 0.6 is 22.7 Å². The molecule has 6 nitrogen and oxygen atoms in total. The van der Waals surface area contributed by atoms with Gasteiger partial charge in [-0.1, -0.05) is 65.9 Å². The van der Waals surface area contributed by atoms with Crippen LogP contribution in [0, 0.1) is 0 Å². The zero-order valence-electron chi connectivity index (χ0n) is 16.6. The molecule has 0 unspecified atom stereocenters. The molecule has 0 radical (unpaired) electrons. The number of fused-ring (bicyclic) bond motifs is 1. The highest BCUT2D eigenvalue weighted by Crippen LogP contribution is 2.28. The molecule has 0 fully saturated rings. The fraction of sp³-hybridized carbons (Fsp3) is 0. The Balaban J connectivity index is 1.49. The monoisotopic (exact) mass is 453 g/mol. The second-order valence-corrected chi connectivity index (χ2v) is 9.06. The number of para-hydroxylation sites is 1. The largest absolute Gasteiger partial charge is 0.291 e. The van der Waals surface area contributed by atoms with Crippen LogP contribution in [-0.2, 0) is 0 Å². The number of rotatable bonds is 4. The fourth-order valence-corrected chi connectivity index (χ4v) is 5.13. The summed E-state index contributed by atoms with van der Waals surface area (Å²) in [4.78, 5) is 19.3. The lowest BCUT2D eigenvalue weighted by Crippen LogP contribution is -2.23. The van der Waals surface area contributed by atoms with E-state index in [1.807, 2.05) is 95.1 Å². The maximum Gasteiger partial charge on any atom is 0.291 e. The summed E-state index contributed by atoms with van der Waals surface area (Å²) >= 11 is 2.95. The van der Waals surface area contributed by atoms with Gasteiger partial charge in [-0.2, -0.15) is 14.6 Å². The normalized spacial score (nSPS) is 12.1. The molecule has 0 aliphatic rings. The van der Waals surface area contributed by atoms with E-state index in [9.17, 15) is 4.79 Å². The number of aromatic nitrogens is 5. The molecule has 0 bridgehead atoms. The molecule has 4 heterocycles. The van der Waals surface area contributed by atoms with Crippen LogP contribution in [0.1, 0.15) is 5.56 Å². The molecule has 0 aliphatic carbocycles. The van der Waals surface area contributed by atoms with Gasteiger partial charge in [-0.05, 0) is 29.7 Å². The molecule has 4 aromatic heterocycles. The SMILES string of the molecule is O=c1/c(=C/c2cn(-c3ccccc3)nc2-c2cccs2)sc2nc(-c3ccccc3)nn12. The van der Waals surface area contributed by atoms with Crippen molar-refractivity contribution >= 4 is 33.7 Å². The van der Waals surface area contributed by atoms with E-state index >= 15 is 0 Å². The minimum Gasteiger partial charge on any atom is -0.266 e. The summed E-state index contributed by atoms with van der Waals surface area (Å²) in [6.07, 6.45) is 3.84. The molecule has 0 spiro atoms. The van der Waals surface area contributed by atoms with E-state index in [1.54, 1.807) is 11.3 Å². The zero-order chi connectivity index (χ0) is 21.5. The molecular formula is C24H15N5OS2. The first-order valence-corrected chi connectivity index (χ1v) is 11.6. The van der Waals surface area contributed by atoms with Gasteiger partial charge in [-0.15, -0.1) is 16.4 Å². The van der Waals surface area contributed by atoms with Crippen LogP contribution in [0.15, 0.2) is 89.2 Å². The Hall–Kier alpha value is -3.88. The van der Waals surface area contributed by atoms with Gasteiger partial charge in [0, 0.05) is 17.3 Å². The number of thiazole rings is 1. The third kappa shape index (κ3) is 3.26. The maximum absolute atomic E-state index is 13.1. The lowest BCUT2D eigenvalue weighted by molar-refractivity contribution is 0.885. The molecular weight excluding hydrogens is 438 g/mol. The molecule has 6 aromatic rings. The summed E-state index contributed by atoms with van der Waals surface area (Å²) in [5.41, 5.74) is 3.39. The maximum atomic E-state index is 13.1. The molecule has 0 atom stereocenters. The van der Waals surface area contributed by atoms with Gasteiger partial charge in [0.05, 0.1) is 15.1 Å². The van der Waals surface area contributed by atoms with Crippen molar-refractivity contribution < 1.29 is 0 Å². The van der Waals surface area contributed by atoms with Gasteiger partial charge >= 0.3 is 0 Å². The minimum absolute atomic E-state index is 0.177. The average molecular weight is 454 g/mol. The van der Waals surface area contributed by atoms with E-state index < -0.39 is 0 Å². The first-order valence-electron chi connectivity index (χ1n) is 9.92. The lowest BCUT2D eigenvalue weighted by Gasteiger charge is -1.99. The number of benzene rings is 2. The van der Waals surface area contributed by atoms with E-state index in [0.29, 0.717) is 15.3 Å². The number of hydrogen-bond donors (Lipinski definition) is 0. The Morgan fingerprint density at radius 3 is 2.38 bits per heavy atom. The molecule has 32 heavy (non-hydrogen) atoms.